The molecule has 0 bridgehead atoms. The number of primary amides is 1. The molecule has 74 heavy (non-hydrogen) atoms. The van der Waals surface area contributed by atoms with Crippen LogP contribution in [0.25, 0.3) is 0 Å². The number of amides is 5. The van der Waals surface area contributed by atoms with E-state index in [2.05, 4.69) is 33.3 Å². The van der Waals surface area contributed by atoms with E-state index in [0.717, 1.165) is 25.7 Å². The van der Waals surface area contributed by atoms with Crippen LogP contribution in [0.3, 0.4) is 0 Å². The van der Waals surface area contributed by atoms with Crippen LogP contribution in [0.1, 0.15) is 163 Å². The number of nitrogens with two attached hydrogens (primary N) is 1. The maximum atomic E-state index is 13.7. The zero-order chi connectivity index (χ0) is 55.0. The minimum atomic E-state index is -1.69. The number of Topliss-reactive ketones (excluding diaryl/α,β-unsaturated/α-hetero) is 2. The van der Waals surface area contributed by atoms with Gasteiger partial charge in [0, 0.05) is 31.0 Å². The lowest BCUT2D eigenvalue weighted by Crippen LogP contribution is -2.60. The molecule has 0 saturated carbocycles. The first-order chi connectivity index (χ1) is 35.3. The highest BCUT2D eigenvalue weighted by molar-refractivity contribution is 5.97. The van der Waals surface area contributed by atoms with Gasteiger partial charge in [0.2, 0.25) is 11.8 Å². The topological polar surface area (TPSA) is 327 Å². The minimum absolute atomic E-state index is 0.00957. The monoisotopic (exact) mass is 1050 g/mol. The predicted molar refractivity (Wildman–Crippen MR) is 278 cm³/mol. The van der Waals surface area contributed by atoms with Gasteiger partial charge in [-0.25, -0.2) is 9.59 Å². The maximum absolute atomic E-state index is 13.7. The molecule has 21 heteroatoms. The van der Waals surface area contributed by atoms with Crippen molar-refractivity contribution in [3.63, 3.8) is 0 Å². The highest BCUT2D eigenvalue weighted by Crippen LogP contribution is 2.25. The Morgan fingerprint density at radius 2 is 1.42 bits per heavy atom. The summed E-state index contributed by atoms with van der Waals surface area (Å²) >= 11 is 0. The lowest BCUT2D eigenvalue weighted by atomic mass is 9.89. The SMILES string of the molecule is CCCCCCCCCCCCCC[C@@H](C)[C@@H](O)[C@H](CO[C@H]1OC(CO)[C@H](O)[C@H](O)C1O)NC(=O)OCc1ccc(NC(=O)[C@H](CCCNC(N)=O)CC(=O)[C@@H](NC(=O)CCC(C)=NOCC(C)=O)C(C)C)cc1. The Morgan fingerprint density at radius 3 is 2.00 bits per heavy atom. The van der Waals surface area contributed by atoms with Crippen molar-refractivity contribution >= 4 is 46.9 Å². The van der Waals surface area contributed by atoms with Crippen molar-refractivity contribution in [3.8, 4) is 0 Å². The number of carbonyl (C=O) groups is 6. The number of alkyl carbamates (subject to hydrolysis) is 1. The van der Waals surface area contributed by atoms with E-state index in [9.17, 15) is 54.3 Å². The number of nitrogens with zero attached hydrogens (tertiary/aromatic N) is 1. The molecular formula is C53H90N6O15. The Bertz CT molecular complexity index is 1840. The lowest BCUT2D eigenvalue weighted by Gasteiger charge is -2.40. The first-order valence-electron chi connectivity index (χ1n) is 26.7. The van der Waals surface area contributed by atoms with E-state index >= 15 is 0 Å². The van der Waals surface area contributed by atoms with Crippen molar-refractivity contribution in [2.75, 3.05) is 31.7 Å². The predicted octanol–water partition coefficient (Wildman–Crippen LogP) is 5.05. The number of hydrogen-bond acceptors (Lipinski definition) is 16. The lowest BCUT2D eigenvalue weighted by molar-refractivity contribution is -0.303. The molecule has 11 N–H and O–H groups in total. The molecule has 1 aromatic rings. The number of urea groups is 1. The van der Waals surface area contributed by atoms with Crippen LogP contribution in [0.5, 0.6) is 0 Å². The summed E-state index contributed by atoms with van der Waals surface area (Å²) in [6.07, 6.45) is 5.77. The molecule has 2 rings (SSSR count). The highest BCUT2D eigenvalue weighted by Gasteiger charge is 2.44. The molecule has 21 nitrogen and oxygen atoms in total. The van der Waals surface area contributed by atoms with Crippen molar-refractivity contribution in [1.29, 1.82) is 0 Å². The van der Waals surface area contributed by atoms with Crippen LogP contribution < -0.4 is 27.0 Å². The quantitative estimate of drug-likeness (QED) is 0.0234. The summed E-state index contributed by atoms with van der Waals surface area (Å²) in [4.78, 5) is 81.0. The number of hydrogen-bond donors (Lipinski definition) is 10. The van der Waals surface area contributed by atoms with Crippen LogP contribution in [0, 0.1) is 17.8 Å². The van der Waals surface area contributed by atoms with Crippen molar-refractivity contribution in [3.05, 3.63) is 29.8 Å². The zero-order valence-corrected chi connectivity index (χ0v) is 44.8. The molecule has 10 atom stereocenters. The Hall–Kier alpha value is -4.77. The molecule has 0 aliphatic carbocycles. The molecule has 1 saturated heterocycles. The largest absolute Gasteiger partial charge is 0.445 e. The van der Waals surface area contributed by atoms with E-state index in [1.54, 1.807) is 45.0 Å². The third-order valence-corrected chi connectivity index (χ3v) is 13.1. The summed E-state index contributed by atoms with van der Waals surface area (Å²) in [6.45, 7) is 9.38. The number of aliphatic hydroxyl groups is 5. The maximum Gasteiger partial charge on any atom is 0.407 e. The second kappa shape index (κ2) is 37.1. The number of oxime groups is 1. The highest BCUT2D eigenvalue weighted by atomic mass is 16.7. The summed E-state index contributed by atoms with van der Waals surface area (Å²) in [6, 6.07) is 3.74. The van der Waals surface area contributed by atoms with Gasteiger partial charge in [0.15, 0.2) is 24.5 Å². The Labute approximate surface area is 437 Å². The van der Waals surface area contributed by atoms with Crippen LogP contribution in [0.4, 0.5) is 15.3 Å². The van der Waals surface area contributed by atoms with Crippen LogP contribution in [-0.2, 0) is 44.8 Å². The smallest absolute Gasteiger partial charge is 0.407 e. The fourth-order valence-electron chi connectivity index (χ4n) is 8.47. The van der Waals surface area contributed by atoms with Gasteiger partial charge in [-0.3, -0.25) is 19.2 Å². The fourth-order valence-corrected chi connectivity index (χ4v) is 8.47. The first-order valence-corrected chi connectivity index (χ1v) is 26.7. The number of nitrogens with one attached hydrogen (secondary N) is 4. The van der Waals surface area contributed by atoms with E-state index in [1.807, 2.05) is 6.92 Å². The summed E-state index contributed by atoms with van der Waals surface area (Å²) in [5.74, 6) is -2.89. The molecule has 1 aliphatic rings. The second-order valence-electron chi connectivity index (χ2n) is 20.1. The van der Waals surface area contributed by atoms with E-state index < -0.39 is 85.4 Å². The number of anilines is 1. The van der Waals surface area contributed by atoms with Gasteiger partial charge in [-0.1, -0.05) is 122 Å². The Kier molecular flexibility index (Phi) is 32.7. The number of ketones is 2. The molecule has 1 heterocycles. The van der Waals surface area contributed by atoms with E-state index in [-0.39, 0.29) is 75.5 Å². The molecule has 1 fully saturated rings. The van der Waals surface area contributed by atoms with Crippen molar-refractivity contribution in [2.24, 2.45) is 28.6 Å². The summed E-state index contributed by atoms with van der Waals surface area (Å²) in [5, 5.41) is 66.8. The zero-order valence-electron chi connectivity index (χ0n) is 44.8. The number of benzene rings is 1. The van der Waals surface area contributed by atoms with Crippen molar-refractivity contribution < 1.29 is 73.3 Å². The standard InChI is InChI=1S/C53H90N6O15/c1-7-8-9-10-11-12-13-14-15-16-17-18-20-35(4)46(64)41(33-71-51-49(67)48(66)47(65)43(30-60)74-51)57-53(70)72-32-38-23-25-40(26-24-38)56-50(68)39(21-19-28-55-52(54)69)29-42(62)45(34(2)3)58-44(63)27-22-36(5)59-73-31-37(6)61/h23-26,34-35,39,41,43,45-49,51,60,64-67H,7-22,27-33H2,1-6H3,(H,56,68)(H,57,70)(H,58,63)(H3,54,55,69)/t35-,39-,41+,43?,45+,46-,47+,48+,49?,51+/m1/s1. The first kappa shape index (κ1) is 65.3. The van der Waals surface area contributed by atoms with Crippen molar-refractivity contribution in [1.82, 2.24) is 16.0 Å². The van der Waals surface area contributed by atoms with Gasteiger partial charge in [-0.15, -0.1) is 0 Å². The fraction of sp³-hybridized carbons (Fsp3) is 0.755. The Balaban J connectivity index is 2.06. The van der Waals surface area contributed by atoms with Gasteiger partial charge in [0.25, 0.3) is 0 Å². The number of ether oxygens (including phenoxy) is 3. The van der Waals surface area contributed by atoms with Crippen LogP contribution in [0.15, 0.2) is 29.4 Å². The van der Waals surface area contributed by atoms with E-state index in [1.165, 1.54) is 58.3 Å². The van der Waals surface area contributed by atoms with Crippen molar-refractivity contribution in [2.45, 2.75) is 213 Å². The van der Waals surface area contributed by atoms with Gasteiger partial charge in [0.1, 0.15) is 31.0 Å². The summed E-state index contributed by atoms with van der Waals surface area (Å²) in [5.41, 5.74) is 6.63. The second-order valence-corrected chi connectivity index (χ2v) is 20.1. The molecule has 422 valence electrons. The van der Waals surface area contributed by atoms with Gasteiger partial charge >= 0.3 is 12.1 Å². The Morgan fingerprint density at radius 1 is 0.797 bits per heavy atom. The third kappa shape index (κ3) is 26.6. The van der Waals surface area contributed by atoms with Crippen LogP contribution in [0.2, 0.25) is 0 Å². The number of carbonyl (C=O) groups excluding carboxylic acids is 6. The summed E-state index contributed by atoms with van der Waals surface area (Å²) < 4.78 is 16.8. The molecule has 1 aliphatic heterocycles. The van der Waals surface area contributed by atoms with Gasteiger partial charge in [-0.05, 0) is 69.1 Å². The number of rotatable bonds is 39. The van der Waals surface area contributed by atoms with Crippen LogP contribution >= 0.6 is 0 Å². The minimum Gasteiger partial charge on any atom is -0.445 e. The molecule has 2 unspecified atom stereocenters. The third-order valence-electron chi connectivity index (χ3n) is 13.1. The van der Waals surface area contributed by atoms with E-state index in [0.29, 0.717) is 29.8 Å². The molecule has 0 aromatic heterocycles. The van der Waals surface area contributed by atoms with Gasteiger partial charge in [0.05, 0.1) is 37.1 Å². The van der Waals surface area contributed by atoms with E-state index in [4.69, 9.17) is 24.8 Å². The average Bonchev–Trinajstić information content (AvgIpc) is 3.36. The molecule has 5 amide bonds. The summed E-state index contributed by atoms with van der Waals surface area (Å²) in [7, 11) is 0. The number of unbranched alkanes of at least 4 members (excludes halogenated alkanes) is 11. The molecule has 0 radical (unpaired) electrons. The number of aliphatic hydroxyl groups excluding tert-OH is 5. The molecular weight excluding hydrogens is 961 g/mol. The normalized spacial score (nSPS) is 19.9. The molecule has 1 aromatic carbocycles. The van der Waals surface area contributed by atoms with Gasteiger partial charge in [-0.2, -0.15) is 0 Å². The van der Waals surface area contributed by atoms with Crippen LogP contribution in [-0.4, -0.2) is 142 Å². The molecule has 0 spiro atoms. The van der Waals surface area contributed by atoms with Gasteiger partial charge < -0.3 is 71.6 Å². The average molecular weight is 1050 g/mol.